The molecule has 0 N–H and O–H groups in total. The standard InChI is InChI=1S/C10H8BrN3O/c11-8-5-10(15)14(13-6-8)7-9-3-1-2-4-12-9/h1-6H,7H2. The maximum absolute atomic E-state index is 11.5. The highest BCUT2D eigenvalue weighted by atomic mass is 79.9. The van der Waals surface area contributed by atoms with E-state index in [1.165, 1.54) is 10.7 Å². The van der Waals surface area contributed by atoms with Gasteiger partial charge in [-0.3, -0.25) is 9.78 Å². The van der Waals surface area contributed by atoms with Gasteiger partial charge in [0.15, 0.2) is 0 Å². The van der Waals surface area contributed by atoms with Crippen LogP contribution >= 0.6 is 15.9 Å². The molecule has 0 unspecified atom stereocenters. The Bertz CT molecular complexity index is 510. The van der Waals surface area contributed by atoms with Gasteiger partial charge in [-0.25, -0.2) is 4.68 Å². The van der Waals surface area contributed by atoms with Gasteiger partial charge in [0.25, 0.3) is 5.56 Å². The average molecular weight is 266 g/mol. The molecule has 0 bridgehead atoms. The number of aromatic nitrogens is 3. The summed E-state index contributed by atoms with van der Waals surface area (Å²) < 4.78 is 2.05. The third-order valence-corrected chi connectivity index (χ3v) is 2.31. The van der Waals surface area contributed by atoms with Crippen LogP contribution in [0.5, 0.6) is 0 Å². The monoisotopic (exact) mass is 265 g/mol. The molecule has 0 spiro atoms. The lowest BCUT2D eigenvalue weighted by atomic mass is 10.3. The molecule has 0 saturated carbocycles. The van der Waals surface area contributed by atoms with E-state index in [1.807, 2.05) is 18.2 Å². The number of halogens is 1. The predicted octanol–water partition coefficient (Wildman–Crippen LogP) is 1.45. The Morgan fingerprint density at radius 1 is 1.40 bits per heavy atom. The summed E-state index contributed by atoms with van der Waals surface area (Å²) in [5.74, 6) is 0. The van der Waals surface area contributed by atoms with Crippen molar-refractivity contribution < 1.29 is 0 Å². The van der Waals surface area contributed by atoms with E-state index in [0.29, 0.717) is 11.0 Å². The van der Waals surface area contributed by atoms with Crippen LogP contribution in [-0.4, -0.2) is 14.8 Å². The number of hydrogen-bond acceptors (Lipinski definition) is 3. The van der Waals surface area contributed by atoms with Gasteiger partial charge in [0.2, 0.25) is 0 Å². The van der Waals surface area contributed by atoms with Crippen LogP contribution in [0.15, 0.2) is 45.9 Å². The van der Waals surface area contributed by atoms with Crippen molar-refractivity contribution >= 4 is 15.9 Å². The summed E-state index contributed by atoms with van der Waals surface area (Å²) in [6, 6.07) is 7.06. The van der Waals surface area contributed by atoms with Crippen molar-refractivity contribution in [2.24, 2.45) is 0 Å². The van der Waals surface area contributed by atoms with Gasteiger partial charge in [0.1, 0.15) is 0 Å². The van der Waals surface area contributed by atoms with Crippen LogP contribution in [0.2, 0.25) is 0 Å². The molecule has 0 saturated heterocycles. The van der Waals surface area contributed by atoms with Crippen LogP contribution in [0.4, 0.5) is 0 Å². The maximum atomic E-state index is 11.5. The van der Waals surface area contributed by atoms with Crippen LogP contribution in [0.3, 0.4) is 0 Å². The van der Waals surface area contributed by atoms with Crippen molar-refractivity contribution in [1.82, 2.24) is 14.8 Å². The first-order chi connectivity index (χ1) is 7.25. The summed E-state index contributed by atoms with van der Waals surface area (Å²) in [4.78, 5) is 15.6. The highest BCUT2D eigenvalue weighted by Gasteiger charge is 1.99. The minimum Gasteiger partial charge on any atom is -0.268 e. The van der Waals surface area contributed by atoms with Crippen molar-refractivity contribution in [3.8, 4) is 0 Å². The zero-order chi connectivity index (χ0) is 10.7. The van der Waals surface area contributed by atoms with E-state index < -0.39 is 0 Å². The first kappa shape index (κ1) is 10.0. The molecule has 0 atom stereocenters. The SMILES string of the molecule is O=c1cc(Br)cnn1Cc1ccccn1. The summed E-state index contributed by atoms with van der Waals surface area (Å²) in [6.45, 7) is 0.396. The van der Waals surface area contributed by atoms with E-state index in [1.54, 1.807) is 12.4 Å². The second-order valence-electron chi connectivity index (χ2n) is 2.99. The lowest BCUT2D eigenvalue weighted by molar-refractivity contribution is 0.626. The second-order valence-corrected chi connectivity index (χ2v) is 3.91. The Morgan fingerprint density at radius 2 is 2.27 bits per heavy atom. The van der Waals surface area contributed by atoms with E-state index in [4.69, 9.17) is 0 Å². The largest absolute Gasteiger partial charge is 0.268 e. The van der Waals surface area contributed by atoms with E-state index in [0.717, 1.165) is 5.69 Å². The van der Waals surface area contributed by atoms with Crippen LogP contribution in [0.25, 0.3) is 0 Å². The van der Waals surface area contributed by atoms with Crippen LogP contribution < -0.4 is 5.56 Å². The Kier molecular flexibility index (Phi) is 2.91. The van der Waals surface area contributed by atoms with Gasteiger partial charge in [0, 0.05) is 16.7 Å². The molecule has 2 rings (SSSR count). The lowest BCUT2D eigenvalue weighted by Crippen LogP contribution is -2.22. The van der Waals surface area contributed by atoms with Gasteiger partial charge in [-0.15, -0.1) is 0 Å². The molecule has 15 heavy (non-hydrogen) atoms. The molecule has 0 aliphatic rings. The molecule has 2 aromatic rings. The highest BCUT2D eigenvalue weighted by molar-refractivity contribution is 9.10. The summed E-state index contributed by atoms with van der Waals surface area (Å²) in [5.41, 5.74) is 0.671. The fourth-order valence-corrected chi connectivity index (χ4v) is 1.46. The summed E-state index contributed by atoms with van der Waals surface area (Å²) in [5, 5.41) is 3.99. The molecule has 0 aliphatic carbocycles. The first-order valence-corrected chi connectivity index (χ1v) is 5.17. The Morgan fingerprint density at radius 3 is 2.93 bits per heavy atom. The van der Waals surface area contributed by atoms with Crippen molar-refractivity contribution in [3.63, 3.8) is 0 Å². The van der Waals surface area contributed by atoms with Gasteiger partial charge >= 0.3 is 0 Å². The molecular formula is C10H8BrN3O. The minimum atomic E-state index is -0.143. The molecule has 0 aliphatic heterocycles. The molecule has 5 heteroatoms. The van der Waals surface area contributed by atoms with Crippen LogP contribution in [0.1, 0.15) is 5.69 Å². The average Bonchev–Trinajstić information content (AvgIpc) is 2.24. The number of hydrogen-bond donors (Lipinski definition) is 0. The summed E-state index contributed by atoms with van der Waals surface area (Å²) in [6.07, 6.45) is 3.28. The van der Waals surface area contributed by atoms with Gasteiger partial charge in [-0.2, -0.15) is 5.10 Å². The number of rotatable bonds is 2. The van der Waals surface area contributed by atoms with Gasteiger partial charge in [-0.1, -0.05) is 6.07 Å². The third-order valence-electron chi connectivity index (χ3n) is 1.87. The van der Waals surface area contributed by atoms with Crippen molar-refractivity contribution in [2.45, 2.75) is 6.54 Å². The van der Waals surface area contributed by atoms with E-state index >= 15 is 0 Å². The molecule has 4 nitrogen and oxygen atoms in total. The molecule has 2 aromatic heterocycles. The third kappa shape index (κ3) is 2.50. The van der Waals surface area contributed by atoms with Crippen LogP contribution in [0, 0.1) is 0 Å². The maximum Gasteiger partial charge on any atom is 0.268 e. The quantitative estimate of drug-likeness (QED) is 0.826. The highest BCUT2D eigenvalue weighted by Crippen LogP contribution is 2.02. The van der Waals surface area contributed by atoms with Crippen molar-refractivity contribution in [2.75, 3.05) is 0 Å². The molecule has 0 radical (unpaired) electrons. The molecule has 2 heterocycles. The van der Waals surface area contributed by atoms with Crippen molar-refractivity contribution in [3.05, 3.63) is 57.2 Å². The molecule has 0 aromatic carbocycles. The van der Waals surface area contributed by atoms with E-state index in [-0.39, 0.29) is 5.56 Å². The molecule has 0 amide bonds. The Hall–Kier alpha value is -1.49. The molecule has 0 fully saturated rings. The lowest BCUT2D eigenvalue weighted by Gasteiger charge is -2.02. The smallest absolute Gasteiger partial charge is 0.268 e. The topological polar surface area (TPSA) is 47.8 Å². The number of pyridine rings is 1. The minimum absolute atomic E-state index is 0.143. The van der Waals surface area contributed by atoms with Gasteiger partial charge in [-0.05, 0) is 28.1 Å². The first-order valence-electron chi connectivity index (χ1n) is 4.38. The zero-order valence-electron chi connectivity index (χ0n) is 7.80. The van der Waals surface area contributed by atoms with Gasteiger partial charge < -0.3 is 0 Å². The normalized spacial score (nSPS) is 10.2. The Balaban J connectivity index is 2.29. The fourth-order valence-electron chi connectivity index (χ4n) is 1.18. The fraction of sp³-hybridized carbons (Fsp3) is 0.100. The summed E-state index contributed by atoms with van der Waals surface area (Å²) >= 11 is 3.19. The van der Waals surface area contributed by atoms with Crippen LogP contribution in [-0.2, 0) is 6.54 Å². The van der Waals surface area contributed by atoms with Crippen molar-refractivity contribution in [1.29, 1.82) is 0 Å². The number of nitrogens with zero attached hydrogens (tertiary/aromatic N) is 3. The Labute approximate surface area is 94.7 Å². The summed E-state index contributed by atoms with van der Waals surface area (Å²) in [7, 11) is 0. The van der Waals surface area contributed by atoms with Gasteiger partial charge in [0.05, 0.1) is 18.4 Å². The van der Waals surface area contributed by atoms with E-state index in [2.05, 4.69) is 26.0 Å². The predicted molar refractivity (Wildman–Crippen MR) is 59.5 cm³/mol. The van der Waals surface area contributed by atoms with E-state index in [9.17, 15) is 4.79 Å². The molecule has 76 valence electrons. The molecular weight excluding hydrogens is 258 g/mol. The zero-order valence-corrected chi connectivity index (χ0v) is 9.39. The second kappa shape index (κ2) is 4.35.